The van der Waals surface area contributed by atoms with Crippen molar-refractivity contribution in [2.24, 2.45) is 0 Å². The van der Waals surface area contributed by atoms with Gasteiger partial charge >= 0.3 is 0 Å². The van der Waals surface area contributed by atoms with Gasteiger partial charge in [0, 0.05) is 24.7 Å². The normalized spacial score (nSPS) is 17.8. The number of nitriles is 1. The van der Waals surface area contributed by atoms with Crippen molar-refractivity contribution in [3.8, 4) is 11.8 Å². The van der Waals surface area contributed by atoms with Crippen molar-refractivity contribution in [3.05, 3.63) is 24.3 Å². The van der Waals surface area contributed by atoms with Crippen molar-refractivity contribution < 1.29 is 14.3 Å². The van der Waals surface area contributed by atoms with E-state index in [2.05, 4.69) is 16.7 Å². The van der Waals surface area contributed by atoms with Crippen molar-refractivity contribution in [2.45, 2.75) is 18.9 Å². The average Bonchev–Trinajstić information content (AvgIpc) is 2.53. The zero-order chi connectivity index (χ0) is 14.9. The molecule has 1 aliphatic heterocycles. The minimum absolute atomic E-state index is 0.115. The predicted octanol–water partition coefficient (Wildman–Crippen LogP) is 1.30. The maximum atomic E-state index is 12.0. The standard InChI is InChI=1S/C15H19N3O3/c16-6-1-2-8-21-13-5-3-4-12(10-13)18-15(19)14-11-20-9-7-17-14/h3-5,10,14,17H,1-2,7-9,11H2,(H,18,19). The van der Waals surface area contributed by atoms with Gasteiger partial charge in [0.1, 0.15) is 11.8 Å². The van der Waals surface area contributed by atoms with Gasteiger partial charge in [0.05, 0.1) is 25.9 Å². The van der Waals surface area contributed by atoms with E-state index in [0.717, 1.165) is 0 Å². The molecule has 1 amide bonds. The van der Waals surface area contributed by atoms with E-state index in [1.807, 2.05) is 18.2 Å². The number of hydrogen-bond donors (Lipinski definition) is 2. The lowest BCUT2D eigenvalue weighted by Gasteiger charge is -2.23. The Balaban J connectivity index is 1.85. The highest BCUT2D eigenvalue weighted by Crippen LogP contribution is 2.18. The summed E-state index contributed by atoms with van der Waals surface area (Å²) in [6.07, 6.45) is 1.17. The highest BCUT2D eigenvalue weighted by atomic mass is 16.5. The fourth-order valence-corrected chi connectivity index (χ4v) is 1.97. The van der Waals surface area contributed by atoms with E-state index in [1.54, 1.807) is 6.07 Å². The van der Waals surface area contributed by atoms with Crippen molar-refractivity contribution in [2.75, 3.05) is 31.7 Å². The molecule has 112 valence electrons. The number of amides is 1. The van der Waals surface area contributed by atoms with Crippen LogP contribution in [0.1, 0.15) is 12.8 Å². The Morgan fingerprint density at radius 2 is 2.48 bits per heavy atom. The van der Waals surface area contributed by atoms with Crippen LogP contribution in [0.3, 0.4) is 0 Å². The number of hydrogen-bond acceptors (Lipinski definition) is 5. The number of anilines is 1. The molecular weight excluding hydrogens is 270 g/mol. The Morgan fingerprint density at radius 3 is 3.24 bits per heavy atom. The number of rotatable bonds is 6. The molecule has 1 fully saturated rings. The minimum atomic E-state index is -0.320. The van der Waals surface area contributed by atoms with Crippen LogP contribution < -0.4 is 15.4 Å². The maximum absolute atomic E-state index is 12.0. The Hall–Kier alpha value is -2.10. The van der Waals surface area contributed by atoms with Gasteiger partial charge in [0.15, 0.2) is 0 Å². The number of carbonyl (C=O) groups is 1. The summed E-state index contributed by atoms with van der Waals surface area (Å²) < 4.78 is 10.8. The number of nitrogens with one attached hydrogen (secondary N) is 2. The molecule has 1 aromatic rings. The van der Waals surface area contributed by atoms with Crippen molar-refractivity contribution in [1.82, 2.24) is 5.32 Å². The van der Waals surface area contributed by atoms with Gasteiger partial charge in [-0.2, -0.15) is 5.26 Å². The Labute approximate surface area is 124 Å². The number of nitrogens with zero attached hydrogens (tertiary/aromatic N) is 1. The van der Waals surface area contributed by atoms with E-state index in [-0.39, 0.29) is 11.9 Å². The van der Waals surface area contributed by atoms with Gasteiger partial charge in [-0.3, -0.25) is 4.79 Å². The Kier molecular flexibility index (Phi) is 6.00. The van der Waals surface area contributed by atoms with Crippen LogP contribution in [0.5, 0.6) is 5.75 Å². The van der Waals surface area contributed by atoms with Crippen molar-refractivity contribution in [3.63, 3.8) is 0 Å². The molecule has 6 nitrogen and oxygen atoms in total. The molecule has 6 heteroatoms. The first-order valence-corrected chi connectivity index (χ1v) is 7.01. The molecule has 0 aliphatic carbocycles. The Morgan fingerprint density at radius 1 is 1.57 bits per heavy atom. The second-order valence-corrected chi connectivity index (χ2v) is 4.71. The molecule has 1 unspecified atom stereocenters. The molecule has 0 radical (unpaired) electrons. The summed E-state index contributed by atoms with van der Waals surface area (Å²) in [5.74, 6) is 0.565. The van der Waals surface area contributed by atoms with Crippen molar-refractivity contribution >= 4 is 11.6 Å². The smallest absolute Gasteiger partial charge is 0.243 e. The summed E-state index contributed by atoms with van der Waals surface area (Å²) >= 11 is 0. The minimum Gasteiger partial charge on any atom is -0.493 e. The van der Waals surface area contributed by atoms with Crippen LogP contribution in [-0.2, 0) is 9.53 Å². The zero-order valence-corrected chi connectivity index (χ0v) is 11.8. The molecule has 1 aliphatic rings. The third-order valence-electron chi connectivity index (χ3n) is 3.04. The van der Waals surface area contributed by atoms with Crippen LogP contribution in [0.25, 0.3) is 0 Å². The second kappa shape index (κ2) is 8.25. The average molecular weight is 289 g/mol. The van der Waals surface area contributed by atoms with E-state index in [1.165, 1.54) is 0 Å². The molecule has 0 bridgehead atoms. The summed E-state index contributed by atoms with van der Waals surface area (Å²) in [5, 5.41) is 14.4. The van der Waals surface area contributed by atoms with Gasteiger partial charge in [-0.05, 0) is 18.6 Å². The molecule has 2 N–H and O–H groups in total. The van der Waals surface area contributed by atoms with E-state index < -0.39 is 0 Å². The van der Waals surface area contributed by atoms with Crippen LogP contribution in [-0.4, -0.2) is 38.3 Å². The number of morpholine rings is 1. The SMILES string of the molecule is N#CCCCOc1cccc(NC(=O)C2COCCN2)c1. The van der Waals surface area contributed by atoms with E-state index in [0.29, 0.717) is 50.6 Å². The molecule has 1 aromatic carbocycles. The second-order valence-electron chi connectivity index (χ2n) is 4.71. The Bertz CT molecular complexity index is 507. The molecule has 0 aromatic heterocycles. The molecule has 1 atom stereocenters. The van der Waals surface area contributed by atoms with Crippen LogP contribution in [0.15, 0.2) is 24.3 Å². The van der Waals surface area contributed by atoms with Gasteiger partial charge in [-0.15, -0.1) is 0 Å². The first-order valence-electron chi connectivity index (χ1n) is 7.01. The lowest BCUT2D eigenvalue weighted by atomic mass is 10.2. The summed E-state index contributed by atoms with van der Waals surface area (Å²) in [4.78, 5) is 12.0. The number of ether oxygens (including phenoxy) is 2. The maximum Gasteiger partial charge on any atom is 0.243 e. The van der Waals surface area contributed by atoms with Gasteiger partial charge in [-0.25, -0.2) is 0 Å². The fraction of sp³-hybridized carbons (Fsp3) is 0.467. The van der Waals surface area contributed by atoms with Gasteiger partial charge in [0.25, 0.3) is 0 Å². The number of unbranched alkanes of at least 4 members (excludes halogenated alkanes) is 1. The number of benzene rings is 1. The number of carbonyl (C=O) groups excluding carboxylic acids is 1. The largest absolute Gasteiger partial charge is 0.493 e. The quantitative estimate of drug-likeness (QED) is 0.771. The molecule has 0 spiro atoms. The third kappa shape index (κ3) is 5.06. The monoisotopic (exact) mass is 289 g/mol. The highest BCUT2D eigenvalue weighted by Gasteiger charge is 2.21. The van der Waals surface area contributed by atoms with Crippen molar-refractivity contribution in [1.29, 1.82) is 5.26 Å². The van der Waals surface area contributed by atoms with Gasteiger partial charge in [0.2, 0.25) is 5.91 Å². The summed E-state index contributed by atoms with van der Waals surface area (Å²) in [7, 11) is 0. The highest BCUT2D eigenvalue weighted by molar-refractivity contribution is 5.95. The lowest BCUT2D eigenvalue weighted by Crippen LogP contribution is -2.48. The predicted molar refractivity (Wildman–Crippen MR) is 78.0 cm³/mol. The summed E-state index contributed by atoms with van der Waals surface area (Å²) in [6.45, 7) is 2.19. The van der Waals surface area contributed by atoms with E-state index in [9.17, 15) is 4.79 Å². The van der Waals surface area contributed by atoms with Gasteiger partial charge < -0.3 is 20.1 Å². The summed E-state index contributed by atoms with van der Waals surface area (Å²) in [6, 6.07) is 8.98. The van der Waals surface area contributed by atoms with Crippen LogP contribution in [0.4, 0.5) is 5.69 Å². The van der Waals surface area contributed by atoms with Crippen LogP contribution in [0.2, 0.25) is 0 Å². The first kappa shape index (κ1) is 15.3. The topological polar surface area (TPSA) is 83.4 Å². The molecule has 0 saturated carbocycles. The molecule has 1 heterocycles. The van der Waals surface area contributed by atoms with Gasteiger partial charge in [-0.1, -0.05) is 6.07 Å². The third-order valence-corrected chi connectivity index (χ3v) is 3.04. The van der Waals surface area contributed by atoms with Crippen LogP contribution in [0, 0.1) is 11.3 Å². The lowest BCUT2D eigenvalue weighted by molar-refractivity contribution is -0.120. The van der Waals surface area contributed by atoms with E-state index in [4.69, 9.17) is 14.7 Å². The molecule has 21 heavy (non-hydrogen) atoms. The first-order chi connectivity index (χ1) is 10.3. The van der Waals surface area contributed by atoms with E-state index >= 15 is 0 Å². The zero-order valence-electron chi connectivity index (χ0n) is 11.8. The summed E-state index contributed by atoms with van der Waals surface area (Å²) in [5.41, 5.74) is 0.685. The molecular formula is C15H19N3O3. The fourth-order valence-electron chi connectivity index (χ4n) is 1.97. The molecule has 1 saturated heterocycles. The molecule has 2 rings (SSSR count). The van der Waals surface area contributed by atoms with Crippen LogP contribution >= 0.6 is 0 Å².